The molecule has 3 aromatic rings. The molecular formula is C23H24N4O5S. The summed E-state index contributed by atoms with van der Waals surface area (Å²) in [5.41, 5.74) is 8.61. The lowest BCUT2D eigenvalue weighted by Crippen LogP contribution is -2.26. The summed E-state index contributed by atoms with van der Waals surface area (Å²) in [4.78, 5) is 48.4. The van der Waals surface area contributed by atoms with Crippen LogP contribution in [0.15, 0.2) is 24.3 Å². The summed E-state index contributed by atoms with van der Waals surface area (Å²) < 4.78 is 10.5. The molecular weight excluding hydrogens is 444 g/mol. The van der Waals surface area contributed by atoms with Crippen LogP contribution in [0.2, 0.25) is 0 Å². The van der Waals surface area contributed by atoms with Crippen molar-refractivity contribution in [3.05, 3.63) is 46.1 Å². The Morgan fingerprint density at radius 1 is 1.18 bits per heavy atom. The first kappa shape index (κ1) is 22.7. The maximum absolute atomic E-state index is 12.6. The predicted molar refractivity (Wildman–Crippen MR) is 124 cm³/mol. The second kappa shape index (κ2) is 9.14. The van der Waals surface area contributed by atoms with Gasteiger partial charge < -0.3 is 20.1 Å². The van der Waals surface area contributed by atoms with Crippen molar-refractivity contribution in [1.29, 1.82) is 0 Å². The van der Waals surface area contributed by atoms with Gasteiger partial charge in [-0.3, -0.25) is 9.59 Å². The number of nitrogen functional groups attached to an aromatic ring is 1. The van der Waals surface area contributed by atoms with Crippen LogP contribution < -0.4 is 10.6 Å². The second-order valence-corrected chi connectivity index (χ2v) is 8.83. The van der Waals surface area contributed by atoms with Crippen LogP contribution in [0.25, 0.3) is 10.2 Å². The smallest absolute Gasteiger partial charge is 0.348 e. The molecule has 2 N–H and O–H groups in total. The van der Waals surface area contributed by atoms with Crippen LogP contribution in [0.1, 0.15) is 40.0 Å². The van der Waals surface area contributed by atoms with Crippen molar-refractivity contribution in [3.8, 4) is 0 Å². The SMILES string of the molecule is CCOC(=O)c1sc2nc(COC(=O)C3CC(=O)N(c4ccc(C)cc4)C3)nc(N)c2c1C. The van der Waals surface area contributed by atoms with Gasteiger partial charge >= 0.3 is 11.9 Å². The molecule has 172 valence electrons. The first-order chi connectivity index (χ1) is 15.8. The number of esters is 2. The fourth-order valence-electron chi connectivity index (χ4n) is 3.76. The zero-order valence-corrected chi connectivity index (χ0v) is 19.4. The molecule has 1 saturated heterocycles. The summed E-state index contributed by atoms with van der Waals surface area (Å²) in [6.45, 7) is 5.81. The number of anilines is 2. The summed E-state index contributed by atoms with van der Waals surface area (Å²) in [5.74, 6) is -1.19. The van der Waals surface area contributed by atoms with Crippen LogP contribution in [0.5, 0.6) is 0 Å². The summed E-state index contributed by atoms with van der Waals surface area (Å²) in [7, 11) is 0. The number of rotatable bonds is 6. The van der Waals surface area contributed by atoms with E-state index in [1.54, 1.807) is 18.7 Å². The highest BCUT2D eigenvalue weighted by Crippen LogP contribution is 2.33. The molecule has 1 aromatic carbocycles. The number of fused-ring (bicyclic) bond motifs is 1. The van der Waals surface area contributed by atoms with E-state index < -0.39 is 17.9 Å². The molecule has 0 saturated carbocycles. The van der Waals surface area contributed by atoms with Crippen molar-refractivity contribution in [2.75, 3.05) is 23.8 Å². The summed E-state index contributed by atoms with van der Waals surface area (Å²) >= 11 is 1.16. The Kier molecular flexibility index (Phi) is 6.28. The highest BCUT2D eigenvalue weighted by molar-refractivity contribution is 7.20. The van der Waals surface area contributed by atoms with Crippen LogP contribution >= 0.6 is 11.3 Å². The van der Waals surface area contributed by atoms with Crippen LogP contribution in [0.3, 0.4) is 0 Å². The Labute approximate surface area is 194 Å². The van der Waals surface area contributed by atoms with E-state index in [2.05, 4.69) is 9.97 Å². The van der Waals surface area contributed by atoms with E-state index in [1.165, 1.54) is 0 Å². The number of amides is 1. The number of hydrogen-bond donors (Lipinski definition) is 1. The number of thiophene rings is 1. The minimum Gasteiger partial charge on any atom is -0.462 e. The zero-order valence-electron chi connectivity index (χ0n) is 18.6. The number of nitrogens with zero attached hydrogens (tertiary/aromatic N) is 3. The van der Waals surface area contributed by atoms with Crippen molar-refractivity contribution >= 4 is 50.9 Å². The van der Waals surface area contributed by atoms with Gasteiger partial charge in [0, 0.05) is 18.7 Å². The third-order valence-electron chi connectivity index (χ3n) is 5.47. The molecule has 9 nitrogen and oxygen atoms in total. The van der Waals surface area contributed by atoms with Gasteiger partial charge in [-0.2, -0.15) is 0 Å². The van der Waals surface area contributed by atoms with Gasteiger partial charge in [0.05, 0.1) is 17.9 Å². The van der Waals surface area contributed by atoms with Crippen molar-refractivity contribution < 1.29 is 23.9 Å². The summed E-state index contributed by atoms with van der Waals surface area (Å²) in [6.07, 6.45) is 0.0851. The van der Waals surface area contributed by atoms with E-state index in [0.29, 0.717) is 20.7 Å². The first-order valence-electron chi connectivity index (χ1n) is 10.5. The van der Waals surface area contributed by atoms with E-state index in [1.807, 2.05) is 31.2 Å². The Morgan fingerprint density at radius 2 is 1.91 bits per heavy atom. The fourth-order valence-corrected chi connectivity index (χ4v) is 4.87. The molecule has 0 spiro atoms. The molecule has 2 aromatic heterocycles. The highest BCUT2D eigenvalue weighted by Gasteiger charge is 2.36. The number of nitrogens with two attached hydrogens (primary N) is 1. The largest absolute Gasteiger partial charge is 0.462 e. The summed E-state index contributed by atoms with van der Waals surface area (Å²) in [5, 5.41) is 0.591. The number of aromatic nitrogens is 2. The minimum absolute atomic E-state index is 0.0851. The highest BCUT2D eigenvalue weighted by atomic mass is 32.1. The van der Waals surface area contributed by atoms with Crippen LogP contribution in [-0.4, -0.2) is 41.0 Å². The molecule has 1 amide bonds. The molecule has 1 aliphatic heterocycles. The van der Waals surface area contributed by atoms with Crippen molar-refractivity contribution in [1.82, 2.24) is 9.97 Å². The van der Waals surface area contributed by atoms with Crippen molar-refractivity contribution in [2.45, 2.75) is 33.8 Å². The molecule has 1 unspecified atom stereocenters. The number of hydrogen-bond acceptors (Lipinski definition) is 9. The van der Waals surface area contributed by atoms with Crippen molar-refractivity contribution in [3.63, 3.8) is 0 Å². The van der Waals surface area contributed by atoms with Crippen LogP contribution in [0.4, 0.5) is 11.5 Å². The standard InChI is InChI=1S/C23H24N4O5S/c1-4-31-23(30)19-13(3)18-20(24)25-16(26-21(18)33-19)11-32-22(29)14-9-17(28)27(10-14)15-7-5-12(2)6-8-15/h5-8,14H,4,9-11H2,1-3H3,(H2,24,25,26). The summed E-state index contributed by atoms with van der Waals surface area (Å²) in [6, 6.07) is 7.57. The maximum atomic E-state index is 12.6. The molecule has 10 heteroatoms. The quantitative estimate of drug-likeness (QED) is 0.547. The lowest BCUT2D eigenvalue weighted by molar-refractivity contribution is -0.149. The van der Waals surface area contributed by atoms with Gasteiger partial charge in [0.15, 0.2) is 12.4 Å². The molecule has 0 bridgehead atoms. The Bertz CT molecular complexity index is 1240. The van der Waals surface area contributed by atoms with Crippen LogP contribution in [-0.2, 0) is 25.7 Å². The Balaban J connectivity index is 1.45. The lowest BCUT2D eigenvalue weighted by Gasteiger charge is -2.16. The Hall–Kier alpha value is -3.53. The molecule has 3 heterocycles. The average molecular weight is 469 g/mol. The van der Waals surface area contributed by atoms with Gasteiger partial charge in [0.25, 0.3) is 0 Å². The van der Waals surface area contributed by atoms with Gasteiger partial charge in [-0.1, -0.05) is 17.7 Å². The fraction of sp³-hybridized carbons (Fsp3) is 0.348. The Morgan fingerprint density at radius 3 is 2.61 bits per heavy atom. The van der Waals surface area contributed by atoms with E-state index in [0.717, 1.165) is 22.6 Å². The topological polar surface area (TPSA) is 125 Å². The van der Waals surface area contributed by atoms with E-state index in [4.69, 9.17) is 15.2 Å². The monoisotopic (exact) mass is 468 g/mol. The van der Waals surface area contributed by atoms with Gasteiger partial charge in [-0.25, -0.2) is 14.8 Å². The third kappa shape index (κ3) is 4.51. The van der Waals surface area contributed by atoms with E-state index in [-0.39, 0.29) is 43.7 Å². The first-order valence-corrected chi connectivity index (χ1v) is 11.4. The normalized spacial score (nSPS) is 15.8. The van der Waals surface area contributed by atoms with Gasteiger partial charge in [0.2, 0.25) is 5.91 Å². The lowest BCUT2D eigenvalue weighted by atomic mass is 10.1. The van der Waals surface area contributed by atoms with Gasteiger partial charge in [-0.05, 0) is 38.5 Å². The molecule has 1 atom stereocenters. The molecule has 4 rings (SSSR count). The number of benzene rings is 1. The number of ether oxygens (including phenoxy) is 2. The minimum atomic E-state index is -0.570. The molecule has 33 heavy (non-hydrogen) atoms. The third-order valence-corrected chi connectivity index (χ3v) is 6.64. The molecule has 0 aliphatic carbocycles. The maximum Gasteiger partial charge on any atom is 0.348 e. The van der Waals surface area contributed by atoms with Gasteiger partial charge in [-0.15, -0.1) is 11.3 Å². The number of carbonyl (C=O) groups is 3. The average Bonchev–Trinajstić information content (AvgIpc) is 3.33. The molecule has 1 fully saturated rings. The number of aryl methyl sites for hydroxylation is 2. The van der Waals surface area contributed by atoms with E-state index >= 15 is 0 Å². The van der Waals surface area contributed by atoms with Crippen LogP contribution in [0, 0.1) is 19.8 Å². The van der Waals surface area contributed by atoms with Gasteiger partial charge in [0.1, 0.15) is 15.5 Å². The zero-order chi connectivity index (χ0) is 23.7. The predicted octanol–water partition coefficient (Wildman–Crippen LogP) is 3.16. The number of carbonyl (C=O) groups excluding carboxylic acids is 3. The molecule has 0 radical (unpaired) electrons. The second-order valence-electron chi connectivity index (χ2n) is 7.83. The van der Waals surface area contributed by atoms with Crippen molar-refractivity contribution in [2.24, 2.45) is 5.92 Å². The van der Waals surface area contributed by atoms with E-state index in [9.17, 15) is 14.4 Å². The molecule has 1 aliphatic rings.